The fourth-order valence-electron chi connectivity index (χ4n) is 1.17. The van der Waals surface area contributed by atoms with Gasteiger partial charge in [0.2, 0.25) is 0 Å². The van der Waals surface area contributed by atoms with E-state index < -0.39 is 0 Å². The topological polar surface area (TPSA) is 47.9 Å². The van der Waals surface area contributed by atoms with Crippen molar-refractivity contribution in [2.75, 3.05) is 6.61 Å². The summed E-state index contributed by atoms with van der Waals surface area (Å²) in [5.41, 5.74) is 1.06. The SMILES string of the molecule is CC(=O)OCC1CC(C(C)(C)C)=NO1. The van der Waals surface area contributed by atoms with Crippen molar-refractivity contribution >= 4 is 11.7 Å². The minimum absolute atomic E-state index is 0.0327. The van der Waals surface area contributed by atoms with Crippen LogP contribution in [0.25, 0.3) is 0 Å². The quantitative estimate of drug-likeness (QED) is 0.636. The van der Waals surface area contributed by atoms with Crippen LogP contribution in [0.5, 0.6) is 0 Å². The summed E-state index contributed by atoms with van der Waals surface area (Å²) in [7, 11) is 0. The zero-order chi connectivity index (χ0) is 10.8. The molecule has 1 heterocycles. The zero-order valence-corrected chi connectivity index (χ0v) is 9.16. The van der Waals surface area contributed by atoms with Crippen LogP contribution in [0.15, 0.2) is 5.16 Å². The lowest BCUT2D eigenvalue weighted by Crippen LogP contribution is -2.23. The molecule has 14 heavy (non-hydrogen) atoms. The molecule has 0 fully saturated rings. The van der Waals surface area contributed by atoms with Gasteiger partial charge in [0.25, 0.3) is 0 Å². The summed E-state index contributed by atoms with van der Waals surface area (Å²) in [5.74, 6) is -0.280. The molecule has 0 bridgehead atoms. The lowest BCUT2D eigenvalue weighted by atomic mass is 9.87. The Kier molecular flexibility index (Phi) is 3.13. The second-order valence-electron chi connectivity index (χ2n) is 4.52. The first-order valence-corrected chi connectivity index (χ1v) is 4.76. The van der Waals surface area contributed by atoms with Gasteiger partial charge in [0.1, 0.15) is 6.61 Å². The maximum absolute atomic E-state index is 10.6. The van der Waals surface area contributed by atoms with Crippen molar-refractivity contribution in [2.24, 2.45) is 10.6 Å². The van der Waals surface area contributed by atoms with Crippen molar-refractivity contribution in [3.05, 3.63) is 0 Å². The van der Waals surface area contributed by atoms with E-state index in [9.17, 15) is 4.79 Å². The van der Waals surface area contributed by atoms with Gasteiger partial charge in [-0.15, -0.1) is 0 Å². The van der Waals surface area contributed by atoms with E-state index in [1.807, 2.05) is 0 Å². The summed E-state index contributed by atoms with van der Waals surface area (Å²) in [5, 5.41) is 3.99. The number of carbonyl (C=O) groups is 1. The molecule has 0 N–H and O–H groups in total. The van der Waals surface area contributed by atoms with Crippen molar-refractivity contribution in [2.45, 2.75) is 40.2 Å². The second-order valence-corrected chi connectivity index (χ2v) is 4.52. The molecule has 4 nitrogen and oxygen atoms in total. The number of oxime groups is 1. The molecule has 0 radical (unpaired) electrons. The first kappa shape index (κ1) is 11.0. The van der Waals surface area contributed by atoms with Crippen LogP contribution in [0.1, 0.15) is 34.1 Å². The molecule has 1 atom stereocenters. The Labute approximate surface area is 84.3 Å². The van der Waals surface area contributed by atoms with E-state index in [4.69, 9.17) is 9.57 Å². The molecule has 1 unspecified atom stereocenters. The number of rotatable bonds is 2. The highest BCUT2D eigenvalue weighted by molar-refractivity contribution is 5.90. The van der Waals surface area contributed by atoms with E-state index in [1.54, 1.807) is 0 Å². The molecule has 0 saturated carbocycles. The Morgan fingerprint density at radius 2 is 2.29 bits per heavy atom. The van der Waals surface area contributed by atoms with Crippen molar-refractivity contribution < 1.29 is 14.4 Å². The molecular weight excluding hydrogens is 182 g/mol. The van der Waals surface area contributed by atoms with Gasteiger partial charge in [-0.05, 0) is 0 Å². The van der Waals surface area contributed by atoms with Gasteiger partial charge in [-0.2, -0.15) is 0 Å². The largest absolute Gasteiger partial charge is 0.462 e. The Bertz CT molecular complexity index is 253. The highest BCUT2D eigenvalue weighted by atomic mass is 16.7. The number of esters is 1. The summed E-state index contributed by atoms with van der Waals surface area (Å²) in [6.07, 6.45) is 0.643. The molecule has 0 aromatic heterocycles. The van der Waals surface area contributed by atoms with Gasteiger partial charge in [-0.3, -0.25) is 4.79 Å². The lowest BCUT2D eigenvalue weighted by molar-refractivity contribution is -0.144. The van der Waals surface area contributed by atoms with E-state index in [-0.39, 0.29) is 17.5 Å². The van der Waals surface area contributed by atoms with Crippen LogP contribution in [0.3, 0.4) is 0 Å². The number of carbonyl (C=O) groups excluding carboxylic acids is 1. The fraction of sp³-hybridized carbons (Fsp3) is 0.800. The van der Waals surface area contributed by atoms with E-state index in [0.717, 1.165) is 12.1 Å². The molecule has 0 amide bonds. The predicted molar refractivity (Wildman–Crippen MR) is 53.0 cm³/mol. The molecule has 0 aliphatic carbocycles. The van der Waals surface area contributed by atoms with Gasteiger partial charge < -0.3 is 9.57 Å². The van der Waals surface area contributed by atoms with Crippen LogP contribution >= 0.6 is 0 Å². The number of ether oxygens (including phenoxy) is 1. The Balaban J connectivity index is 2.36. The molecule has 0 spiro atoms. The Morgan fingerprint density at radius 1 is 1.64 bits per heavy atom. The molecule has 1 rings (SSSR count). The van der Waals surface area contributed by atoms with Crippen molar-refractivity contribution in [3.63, 3.8) is 0 Å². The third-order valence-electron chi connectivity index (χ3n) is 2.07. The zero-order valence-electron chi connectivity index (χ0n) is 9.16. The monoisotopic (exact) mass is 199 g/mol. The maximum atomic E-state index is 10.6. The molecule has 0 saturated heterocycles. The van der Waals surface area contributed by atoms with E-state index in [0.29, 0.717) is 6.61 Å². The predicted octanol–water partition coefficient (Wildman–Crippen LogP) is 1.74. The third kappa shape index (κ3) is 3.01. The van der Waals surface area contributed by atoms with Crippen molar-refractivity contribution in [3.8, 4) is 0 Å². The molecule has 1 aliphatic rings. The highest BCUT2D eigenvalue weighted by Crippen LogP contribution is 2.25. The minimum atomic E-state index is -0.280. The highest BCUT2D eigenvalue weighted by Gasteiger charge is 2.29. The lowest BCUT2D eigenvalue weighted by Gasteiger charge is -2.16. The third-order valence-corrected chi connectivity index (χ3v) is 2.07. The molecule has 80 valence electrons. The minimum Gasteiger partial charge on any atom is -0.462 e. The first-order chi connectivity index (χ1) is 6.39. The van der Waals surface area contributed by atoms with Gasteiger partial charge in [0.15, 0.2) is 6.10 Å². The normalized spacial score (nSPS) is 21.4. The number of hydrogen-bond donors (Lipinski definition) is 0. The first-order valence-electron chi connectivity index (χ1n) is 4.76. The van der Waals surface area contributed by atoms with Gasteiger partial charge >= 0.3 is 5.97 Å². The van der Waals surface area contributed by atoms with Gasteiger partial charge in [-0.25, -0.2) is 0 Å². The van der Waals surface area contributed by atoms with Crippen LogP contribution < -0.4 is 0 Å². The van der Waals surface area contributed by atoms with Gasteiger partial charge in [0.05, 0.1) is 5.71 Å². The molecule has 1 aliphatic heterocycles. The van der Waals surface area contributed by atoms with Crippen LogP contribution in [0.4, 0.5) is 0 Å². The number of hydrogen-bond acceptors (Lipinski definition) is 4. The number of nitrogens with zero attached hydrogens (tertiary/aromatic N) is 1. The second kappa shape index (κ2) is 3.98. The average Bonchev–Trinajstić information content (AvgIpc) is 2.47. The van der Waals surface area contributed by atoms with Gasteiger partial charge in [-0.1, -0.05) is 25.9 Å². The standard InChI is InChI=1S/C10H17NO3/c1-7(12)13-6-8-5-9(11-14-8)10(2,3)4/h8H,5-6H2,1-4H3. The molecule has 0 aromatic carbocycles. The van der Waals surface area contributed by atoms with Gasteiger partial charge in [0, 0.05) is 18.8 Å². The van der Waals surface area contributed by atoms with E-state index in [2.05, 4.69) is 25.9 Å². The van der Waals surface area contributed by atoms with Crippen molar-refractivity contribution in [1.82, 2.24) is 0 Å². The van der Waals surface area contributed by atoms with E-state index in [1.165, 1.54) is 6.92 Å². The Hall–Kier alpha value is -1.06. The van der Waals surface area contributed by atoms with Crippen LogP contribution in [-0.2, 0) is 14.4 Å². The molecule has 4 heteroatoms. The summed E-state index contributed by atoms with van der Waals surface area (Å²) < 4.78 is 4.85. The maximum Gasteiger partial charge on any atom is 0.302 e. The molecular formula is C10H17NO3. The Morgan fingerprint density at radius 3 is 2.71 bits per heavy atom. The summed E-state index contributed by atoms with van der Waals surface area (Å²) >= 11 is 0. The van der Waals surface area contributed by atoms with E-state index >= 15 is 0 Å². The fourth-order valence-corrected chi connectivity index (χ4v) is 1.17. The summed E-state index contributed by atoms with van der Waals surface area (Å²) in [4.78, 5) is 15.7. The molecule has 0 aromatic rings. The smallest absolute Gasteiger partial charge is 0.302 e. The van der Waals surface area contributed by atoms with Crippen molar-refractivity contribution in [1.29, 1.82) is 0 Å². The summed E-state index contributed by atoms with van der Waals surface area (Å²) in [6, 6.07) is 0. The van der Waals surface area contributed by atoms with Crippen LogP contribution in [0.2, 0.25) is 0 Å². The average molecular weight is 199 g/mol. The van der Waals surface area contributed by atoms with Crippen LogP contribution in [-0.4, -0.2) is 24.4 Å². The van der Waals surface area contributed by atoms with Crippen LogP contribution in [0, 0.1) is 5.41 Å². The summed E-state index contributed by atoms with van der Waals surface area (Å²) in [6.45, 7) is 7.94.